The molecule has 0 amide bonds. The number of rotatable bonds is 8. The van der Waals surface area contributed by atoms with Crippen molar-refractivity contribution in [1.29, 1.82) is 0 Å². The molecule has 0 radical (unpaired) electrons. The number of piperidine rings is 3. The van der Waals surface area contributed by atoms with E-state index in [1.165, 1.54) is 164 Å². The Hall–Kier alpha value is -2.78. The SMILES string of the molecule is CC1(C)CCCC(CN2CCC(n3c(C4(N)CCCC4)nc4ccccc43)CC2)C1.CC1(C)CCCC(CN2CCC(n3c(C4CCCNC4)nc4ccccc43)CC2)C1. The number of nitrogens with zero attached hydrogens (tertiary/aromatic N) is 6. The van der Waals surface area contributed by atoms with E-state index < -0.39 is 0 Å². The molecule has 10 rings (SSSR count). The average molecular weight is 817 g/mol. The Labute approximate surface area is 362 Å². The Morgan fingerprint density at radius 3 is 1.65 bits per heavy atom. The van der Waals surface area contributed by atoms with E-state index in [4.69, 9.17) is 15.7 Å². The first kappa shape index (κ1) is 42.5. The summed E-state index contributed by atoms with van der Waals surface area (Å²) in [7, 11) is 0. The van der Waals surface area contributed by atoms with E-state index >= 15 is 0 Å². The van der Waals surface area contributed by atoms with Gasteiger partial charge in [-0.25, -0.2) is 9.97 Å². The van der Waals surface area contributed by atoms with Gasteiger partial charge in [-0.1, -0.05) is 77.6 Å². The lowest BCUT2D eigenvalue weighted by atomic mass is 9.72. The third kappa shape index (κ3) is 9.57. The van der Waals surface area contributed by atoms with E-state index in [0.29, 0.717) is 28.8 Å². The van der Waals surface area contributed by atoms with Crippen molar-refractivity contribution in [2.24, 2.45) is 28.4 Å². The van der Waals surface area contributed by atoms with Gasteiger partial charge in [0.25, 0.3) is 0 Å². The molecule has 0 bridgehead atoms. The largest absolute Gasteiger partial charge is 0.324 e. The van der Waals surface area contributed by atoms with Crippen molar-refractivity contribution in [3.05, 3.63) is 60.2 Å². The van der Waals surface area contributed by atoms with E-state index in [2.05, 4.69) is 100 Å². The highest BCUT2D eigenvalue weighted by Crippen LogP contribution is 2.43. The average Bonchev–Trinajstić information content (AvgIpc) is 3.98. The molecule has 4 aromatic rings. The van der Waals surface area contributed by atoms with E-state index in [1.807, 2.05) is 0 Å². The molecular formula is C52H80N8. The minimum absolute atomic E-state index is 0.232. The summed E-state index contributed by atoms with van der Waals surface area (Å²) >= 11 is 0. The van der Waals surface area contributed by atoms with Crippen LogP contribution in [0.3, 0.4) is 0 Å². The molecule has 6 fully saturated rings. The lowest BCUT2D eigenvalue weighted by molar-refractivity contribution is 0.109. The summed E-state index contributed by atoms with van der Waals surface area (Å²) in [6.07, 6.45) is 23.5. The molecule has 8 nitrogen and oxygen atoms in total. The van der Waals surface area contributed by atoms with Crippen LogP contribution in [0.5, 0.6) is 0 Å². The number of hydrogen-bond donors (Lipinski definition) is 2. The van der Waals surface area contributed by atoms with Crippen molar-refractivity contribution < 1.29 is 0 Å². The second-order valence-corrected chi connectivity index (χ2v) is 22.3. The van der Waals surface area contributed by atoms with Crippen molar-refractivity contribution in [3.8, 4) is 0 Å². The summed E-state index contributed by atoms with van der Waals surface area (Å²) in [6.45, 7) is 19.6. The zero-order valence-electron chi connectivity index (χ0n) is 38.2. The maximum absolute atomic E-state index is 6.93. The van der Waals surface area contributed by atoms with Crippen molar-refractivity contribution >= 4 is 22.1 Å². The molecular weight excluding hydrogens is 737 g/mol. The summed E-state index contributed by atoms with van der Waals surface area (Å²) in [5.74, 6) is 4.86. The van der Waals surface area contributed by atoms with Gasteiger partial charge in [0.2, 0.25) is 0 Å². The molecule has 328 valence electrons. The maximum atomic E-state index is 6.93. The van der Waals surface area contributed by atoms with Crippen LogP contribution in [0.15, 0.2) is 48.5 Å². The molecule has 2 aromatic carbocycles. The second kappa shape index (κ2) is 18.1. The zero-order chi connectivity index (χ0) is 41.3. The van der Waals surface area contributed by atoms with Crippen LogP contribution in [0, 0.1) is 22.7 Å². The van der Waals surface area contributed by atoms with Gasteiger partial charge in [0.05, 0.1) is 27.6 Å². The highest BCUT2D eigenvalue weighted by molar-refractivity contribution is 5.77. The molecule has 3 atom stereocenters. The van der Waals surface area contributed by atoms with Gasteiger partial charge in [0.1, 0.15) is 11.6 Å². The summed E-state index contributed by atoms with van der Waals surface area (Å²) in [5, 5.41) is 3.61. The summed E-state index contributed by atoms with van der Waals surface area (Å²) < 4.78 is 5.20. The maximum Gasteiger partial charge on any atom is 0.130 e. The fourth-order valence-corrected chi connectivity index (χ4v) is 13.3. The van der Waals surface area contributed by atoms with E-state index in [9.17, 15) is 0 Å². The van der Waals surface area contributed by atoms with Crippen LogP contribution in [0.1, 0.15) is 173 Å². The number of para-hydroxylation sites is 4. The number of fused-ring (bicyclic) bond motifs is 2. The Morgan fingerprint density at radius 1 is 0.600 bits per heavy atom. The van der Waals surface area contributed by atoms with Crippen LogP contribution in [0.25, 0.3) is 22.1 Å². The first-order chi connectivity index (χ1) is 29.0. The minimum Gasteiger partial charge on any atom is -0.324 e. The van der Waals surface area contributed by atoms with Gasteiger partial charge in [-0.3, -0.25) is 0 Å². The van der Waals surface area contributed by atoms with Crippen LogP contribution in [0.4, 0.5) is 0 Å². The molecule has 60 heavy (non-hydrogen) atoms. The Morgan fingerprint density at radius 2 is 1.12 bits per heavy atom. The van der Waals surface area contributed by atoms with Gasteiger partial charge >= 0.3 is 0 Å². The number of nitrogens with two attached hydrogens (primary N) is 1. The fourth-order valence-electron chi connectivity index (χ4n) is 13.3. The predicted octanol–water partition coefficient (Wildman–Crippen LogP) is 11.0. The lowest BCUT2D eigenvalue weighted by Gasteiger charge is -2.40. The molecule has 5 heterocycles. The number of nitrogens with one attached hydrogen (secondary N) is 1. The predicted molar refractivity (Wildman–Crippen MR) is 250 cm³/mol. The Bertz CT molecular complexity index is 2000. The van der Waals surface area contributed by atoms with Crippen molar-refractivity contribution in [2.45, 2.75) is 167 Å². The van der Waals surface area contributed by atoms with Crippen molar-refractivity contribution in [3.63, 3.8) is 0 Å². The highest BCUT2D eigenvalue weighted by atomic mass is 15.2. The Balaban J connectivity index is 0.000000154. The topological polar surface area (TPSA) is 80.2 Å². The molecule has 6 aliphatic rings. The molecule has 2 aromatic heterocycles. The normalized spacial score (nSPS) is 28.2. The van der Waals surface area contributed by atoms with Crippen LogP contribution >= 0.6 is 0 Å². The molecule has 3 aliphatic carbocycles. The van der Waals surface area contributed by atoms with Gasteiger partial charge in [-0.2, -0.15) is 0 Å². The van der Waals surface area contributed by atoms with E-state index in [-0.39, 0.29) is 5.54 Å². The third-order valence-corrected chi connectivity index (χ3v) is 16.3. The number of likely N-dealkylation sites (tertiary alicyclic amines) is 2. The van der Waals surface area contributed by atoms with Gasteiger partial charge in [-0.05, 0) is 143 Å². The molecule has 0 spiro atoms. The third-order valence-electron chi connectivity index (χ3n) is 16.3. The van der Waals surface area contributed by atoms with Crippen LogP contribution in [-0.4, -0.2) is 81.3 Å². The molecule has 3 saturated carbocycles. The number of hydrogen-bond acceptors (Lipinski definition) is 6. The van der Waals surface area contributed by atoms with Crippen molar-refractivity contribution in [1.82, 2.24) is 34.2 Å². The zero-order valence-corrected chi connectivity index (χ0v) is 38.2. The van der Waals surface area contributed by atoms with Gasteiger partial charge in [-0.15, -0.1) is 0 Å². The summed E-state index contributed by atoms with van der Waals surface area (Å²) in [6, 6.07) is 18.6. The molecule has 3 aliphatic heterocycles. The second-order valence-electron chi connectivity index (χ2n) is 22.3. The smallest absolute Gasteiger partial charge is 0.130 e. The van der Waals surface area contributed by atoms with Gasteiger partial charge < -0.3 is 30.0 Å². The highest BCUT2D eigenvalue weighted by Gasteiger charge is 2.39. The quantitative estimate of drug-likeness (QED) is 0.184. The molecule has 8 heteroatoms. The lowest BCUT2D eigenvalue weighted by Crippen LogP contribution is -2.41. The first-order valence-corrected chi connectivity index (χ1v) is 24.9. The first-order valence-electron chi connectivity index (χ1n) is 24.9. The summed E-state index contributed by atoms with van der Waals surface area (Å²) in [5.41, 5.74) is 12.7. The monoisotopic (exact) mass is 817 g/mol. The van der Waals surface area contributed by atoms with Crippen LogP contribution < -0.4 is 11.1 Å². The van der Waals surface area contributed by atoms with Gasteiger partial charge in [0.15, 0.2) is 0 Å². The molecule has 3 saturated heterocycles. The van der Waals surface area contributed by atoms with E-state index in [1.54, 1.807) is 0 Å². The van der Waals surface area contributed by atoms with Crippen molar-refractivity contribution in [2.75, 3.05) is 52.4 Å². The number of benzene rings is 2. The summed E-state index contributed by atoms with van der Waals surface area (Å²) in [4.78, 5) is 15.8. The number of imidazole rings is 2. The van der Waals surface area contributed by atoms with E-state index in [0.717, 1.165) is 49.1 Å². The van der Waals surface area contributed by atoms with Gasteiger partial charge in [0, 0.05) is 63.8 Å². The van der Waals surface area contributed by atoms with Crippen LogP contribution in [-0.2, 0) is 5.54 Å². The molecule has 3 N–H and O–H groups in total. The Kier molecular flexibility index (Phi) is 12.9. The van der Waals surface area contributed by atoms with Crippen LogP contribution in [0.2, 0.25) is 0 Å². The minimum atomic E-state index is -0.232. The fraction of sp³-hybridized carbons (Fsp3) is 0.731. The number of aromatic nitrogens is 4. The molecule has 3 unspecified atom stereocenters. The standard InChI is InChI=1S/2C26H40N4/c1-26(2)13-5-7-20(17-26)19-29-15-11-22(12-16-29)30-24-10-4-3-9-23(24)28-25(30)21-8-6-14-27-18-21;1-25(2)13-7-8-20(18-25)19-29-16-11-21(12-17-29)30-23-10-4-3-9-22(23)28-24(30)26(27)14-5-6-15-26/h3-4,9-10,20-22,27H,5-8,11-19H2,1-2H3;3-4,9-10,20-21H,5-8,11-19,27H2,1-2H3.